The number of rotatable bonds is 7. The van der Waals surface area contributed by atoms with Gasteiger partial charge in [-0.05, 0) is 82.0 Å². The molecule has 9 aliphatic rings. The van der Waals surface area contributed by atoms with Gasteiger partial charge in [0.05, 0.1) is 43.7 Å². The third kappa shape index (κ3) is 7.27. The van der Waals surface area contributed by atoms with Crippen LogP contribution in [0, 0.1) is 40.4 Å². The van der Waals surface area contributed by atoms with Crippen molar-refractivity contribution >= 4 is 0 Å². The number of hydrogen-bond acceptors (Lipinski definition) is 18. The van der Waals surface area contributed by atoms with Crippen LogP contribution < -0.4 is 0 Å². The van der Waals surface area contributed by atoms with E-state index in [0.29, 0.717) is 37.7 Å². The molecule has 4 aliphatic carbocycles. The third-order valence-electron chi connectivity index (χ3n) is 18.0. The van der Waals surface area contributed by atoms with Gasteiger partial charge in [-0.1, -0.05) is 39.3 Å². The lowest BCUT2D eigenvalue weighted by atomic mass is 9.46. The Kier molecular flexibility index (Phi) is 12.6. The van der Waals surface area contributed by atoms with E-state index in [9.17, 15) is 51.1 Å². The van der Waals surface area contributed by atoms with E-state index in [4.69, 9.17) is 37.9 Å². The fourth-order valence-electron chi connectivity index (χ4n) is 13.9. The summed E-state index contributed by atoms with van der Waals surface area (Å²) in [5, 5.41) is 110. The number of fused-ring (bicyclic) bond motifs is 7. The minimum atomic E-state index is -1.76. The Morgan fingerprint density at radius 1 is 0.714 bits per heavy atom. The standard InChI is InChI=1S/C45H72O18/c1-18-17-56-44(15-27(18)47)21(4)45(55)29(63-44)14-26-24-8-7-22-13-23(9-11-42(22,5)25(24)10-12-43(26,45)6)59-41-38(62-40-36(54)34(52)31(49)20(3)58-40)37(32(50)28(16-46)60-41)61-39-35(53)33(51)30(48)19(2)57-39/h7,18-21,23-41,46-55H,8-17H2,1-6H3. The highest BCUT2D eigenvalue weighted by Crippen LogP contribution is 2.72. The molecule has 8 fully saturated rings. The average molecular weight is 901 g/mol. The van der Waals surface area contributed by atoms with Gasteiger partial charge in [-0.3, -0.25) is 0 Å². The van der Waals surface area contributed by atoms with Gasteiger partial charge < -0.3 is 89.0 Å². The summed E-state index contributed by atoms with van der Waals surface area (Å²) < 4.78 is 50.0. The number of hydrogen-bond donors (Lipinski definition) is 10. The molecule has 63 heavy (non-hydrogen) atoms. The molecular weight excluding hydrogens is 828 g/mol. The fraction of sp³-hybridized carbons (Fsp3) is 0.956. The highest BCUT2D eigenvalue weighted by Gasteiger charge is 2.76. The second-order valence-electron chi connectivity index (χ2n) is 21.3. The van der Waals surface area contributed by atoms with Crippen LogP contribution in [0.1, 0.15) is 92.9 Å². The van der Waals surface area contributed by atoms with Gasteiger partial charge in [0.2, 0.25) is 0 Å². The van der Waals surface area contributed by atoms with E-state index in [0.717, 1.165) is 32.1 Å². The minimum Gasteiger partial charge on any atom is -0.394 e. The quantitative estimate of drug-likeness (QED) is 0.142. The lowest BCUT2D eigenvalue weighted by Gasteiger charge is -2.60. The van der Waals surface area contributed by atoms with Crippen molar-refractivity contribution in [3.8, 4) is 0 Å². The second-order valence-corrected chi connectivity index (χ2v) is 21.3. The first-order valence-corrected chi connectivity index (χ1v) is 23.4. The number of allylic oxidation sites excluding steroid dienone is 1. The fourth-order valence-corrected chi connectivity index (χ4v) is 13.9. The maximum Gasteiger partial charge on any atom is 0.187 e. The van der Waals surface area contributed by atoms with E-state index in [-0.39, 0.29) is 23.2 Å². The average Bonchev–Trinajstić information content (AvgIpc) is 3.61. The molecule has 0 bridgehead atoms. The van der Waals surface area contributed by atoms with E-state index in [1.54, 1.807) is 0 Å². The van der Waals surface area contributed by atoms with Crippen LogP contribution in [0.15, 0.2) is 11.6 Å². The van der Waals surface area contributed by atoms with Crippen LogP contribution in [0.4, 0.5) is 0 Å². The summed E-state index contributed by atoms with van der Waals surface area (Å²) in [4.78, 5) is 0. The van der Waals surface area contributed by atoms with Gasteiger partial charge >= 0.3 is 0 Å². The highest BCUT2D eigenvalue weighted by atomic mass is 16.8. The molecule has 5 saturated heterocycles. The molecule has 27 unspecified atom stereocenters. The zero-order valence-corrected chi connectivity index (χ0v) is 37.2. The summed E-state index contributed by atoms with van der Waals surface area (Å²) in [5.41, 5.74) is -0.418. The van der Waals surface area contributed by atoms with Crippen molar-refractivity contribution in [1.29, 1.82) is 0 Å². The number of ether oxygens (including phenoxy) is 8. The summed E-state index contributed by atoms with van der Waals surface area (Å²) in [7, 11) is 0. The van der Waals surface area contributed by atoms with E-state index in [1.165, 1.54) is 19.4 Å². The molecule has 0 amide bonds. The van der Waals surface area contributed by atoms with E-state index < -0.39 is 134 Å². The summed E-state index contributed by atoms with van der Waals surface area (Å²) in [5.74, 6) is -0.445. The molecule has 0 aromatic heterocycles. The molecule has 27 atom stereocenters. The molecule has 360 valence electrons. The van der Waals surface area contributed by atoms with Crippen molar-refractivity contribution in [3.05, 3.63) is 11.6 Å². The first-order chi connectivity index (χ1) is 29.7. The SMILES string of the molecule is CC1COC2(CC1O)OC1CC3C4CC=C5CC(OC6OC(CO)C(O)C(OC7OC(C)C(O)C(O)C7O)C6OC6OC(C)C(O)C(O)C6O)CCC5(C)C4CCC3(C)C1(O)C2C. The lowest BCUT2D eigenvalue weighted by Crippen LogP contribution is -2.67. The maximum absolute atomic E-state index is 12.8. The Balaban J connectivity index is 0.945. The molecule has 5 heterocycles. The van der Waals surface area contributed by atoms with Crippen LogP contribution in [-0.2, 0) is 37.9 Å². The monoisotopic (exact) mass is 900 g/mol. The van der Waals surface area contributed by atoms with Crippen molar-refractivity contribution < 1.29 is 89.0 Å². The van der Waals surface area contributed by atoms with Gasteiger partial charge in [-0.2, -0.15) is 0 Å². The molecule has 10 N–H and O–H groups in total. The van der Waals surface area contributed by atoms with Crippen LogP contribution in [0.5, 0.6) is 0 Å². The van der Waals surface area contributed by atoms with Gasteiger partial charge in [0, 0.05) is 23.7 Å². The van der Waals surface area contributed by atoms with Crippen molar-refractivity contribution in [3.63, 3.8) is 0 Å². The van der Waals surface area contributed by atoms with Crippen LogP contribution in [-0.4, -0.2) is 186 Å². The summed E-state index contributed by atoms with van der Waals surface area (Å²) in [6.45, 7) is 11.3. The molecule has 0 aromatic carbocycles. The van der Waals surface area contributed by atoms with Crippen molar-refractivity contribution in [2.45, 2.75) is 215 Å². The Labute approximate surface area is 368 Å². The molecule has 9 rings (SSSR count). The molecule has 1 spiro atoms. The Bertz CT molecular complexity index is 1690. The van der Waals surface area contributed by atoms with E-state index in [2.05, 4.69) is 19.9 Å². The largest absolute Gasteiger partial charge is 0.394 e. The van der Waals surface area contributed by atoms with Crippen LogP contribution >= 0.6 is 0 Å². The first-order valence-electron chi connectivity index (χ1n) is 23.4. The summed E-state index contributed by atoms with van der Waals surface area (Å²) >= 11 is 0. The van der Waals surface area contributed by atoms with Crippen LogP contribution in [0.3, 0.4) is 0 Å². The van der Waals surface area contributed by atoms with E-state index >= 15 is 0 Å². The zero-order valence-electron chi connectivity index (χ0n) is 37.2. The predicted molar refractivity (Wildman–Crippen MR) is 216 cm³/mol. The van der Waals surface area contributed by atoms with E-state index in [1.807, 2.05) is 13.8 Å². The van der Waals surface area contributed by atoms with Gasteiger partial charge in [0.25, 0.3) is 0 Å². The molecule has 18 heteroatoms. The molecular formula is C45H72O18. The molecule has 0 radical (unpaired) electrons. The van der Waals surface area contributed by atoms with Crippen molar-refractivity contribution in [2.75, 3.05) is 13.2 Å². The normalized spacial score (nSPS) is 59.3. The zero-order chi connectivity index (χ0) is 45.3. The summed E-state index contributed by atoms with van der Waals surface area (Å²) in [6, 6.07) is 0. The summed E-state index contributed by atoms with van der Waals surface area (Å²) in [6.07, 6.45) is -15.6. The van der Waals surface area contributed by atoms with Gasteiger partial charge in [-0.15, -0.1) is 0 Å². The second kappa shape index (κ2) is 16.9. The Hall–Kier alpha value is -0.980. The van der Waals surface area contributed by atoms with Gasteiger partial charge in [0.1, 0.15) is 66.6 Å². The molecule has 5 aliphatic heterocycles. The third-order valence-corrected chi connectivity index (χ3v) is 18.0. The van der Waals surface area contributed by atoms with Gasteiger partial charge in [-0.25, -0.2) is 0 Å². The molecule has 0 aromatic rings. The smallest absolute Gasteiger partial charge is 0.187 e. The maximum atomic E-state index is 12.8. The number of aliphatic hydroxyl groups excluding tert-OH is 9. The van der Waals surface area contributed by atoms with Gasteiger partial charge in [0.15, 0.2) is 24.7 Å². The number of aliphatic hydroxyl groups is 10. The minimum absolute atomic E-state index is 0.00121. The molecule has 18 nitrogen and oxygen atoms in total. The van der Waals surface area contributed by atoms with Crippen molar-refractivity contribution in [2.24, 2.45) is 40.4 Å². The Morgan fingerprint density at radius 2 is 1.35 bits per heavy atom. The van der Waals surface area contributed by atoms with Crippen LogP contribution in [0.25, 0.3) is 0 Å². The first kappa shape index (κ1) is 47.1. The Morgan fingerprint density at radius 3 is 1.97 bits per heavy atom. The lowest BCUT2D eigenvalue weighted by molar-refractivity contribution is -0.393. The molecule has 3 saturated carbocycles. The topological polar surface area (TPSA) is 276 Å². The predicted octanol–water partition coefficient (Wildman–Crippen LogP) is -0.673. The van der Waals surface area contributed by atoms with Crippen molar-refractivity contribution in [1.82, 2.24) is 0 Å². The highest BCUT2D eigenvalue weighted by molar-refractivity contribution is 5.29. The van der Waals surface area contributed by atoms with Crippen LogP contribution in [0.2, 0.25) is 0 Å².